The Morgan fingerprint density at radius 3 is 2.67 bits per heavy atom. The summed E-state index contributed by atoms with van der Waals surface area (Å²) in [5, 5.41) is 21.6. The molecule has 30 heavy (non-hydrogen) atoms. The van der Waals surface area contributed by atoms with Gasteiger partial charge in [-0.05, 0) is 18.6 Å². The van der Waals surface area contributed by atoms with Crippen LogP contribution in [0.2, 0.25) is 0 Å². The minimum atomic E-state index is -5.27. The molecule has 0 aromatic carbocycles. The Bertz CT molecular complexity index is 1090. The number of rotatable bonds is 7. The molecule has 2 aliphatic carbocycles. The van der Waals surface area contributed by atoms with E-state index in [1.165, 1.54) is 18.1 Å². The third kappa shape index (κ3) is 3.69. The average molecular weight is 483 g/mol. The van der Waals surface area contributed by atoms with E-state index in [9.17, 15) is 24.2 Å². The van der Waals surface area contributed by atoms with Gasteiger partial charge in [0.05, 0.1) is 25.1 Å². The van der Waals surface area contributed by atoms with E-state index in [0.717, 1.165) is 0 Å². The van der Waals surface area contributed by atoms with E-state index in [1.807, 2.05) is 0 Å². The maximum Gasteiger partial charge on any atom is 0.481 e. The fourth-order valence-electron chi connectivity index (χ4n) is 4.11. The first kappa shape index (κ1) is 22.1. The molecule has 0 amide bonds. The lowest BCUT2D eigenvalue weighted by Crippen LogP contribution is -2.35. The molecule has 0 bridgehead atoms. The zero-order chi connectivity index (χ0) is 22.1. The number of anilines is 1. The van der Waals surface area contributed by atoms with Crippen LogP contribution in [-0.4, -0.2) is 69.5 Å². The van der Waals surface area contributed by atoms with Crippen molar-refractivity contribution in [3.8, 4) is 0 Å². The van der Waals surface area contributed by atoms with Crippen molar-refractivity contribution in [2.75, 3.05) is 18.6 Å². The Morgan fingerprint density at radius 1 is 1.33 bits per heavy atom. The summed E-state index contributed by atoms with van der Waals surface area (Å²) < 4.78 is 32.6. The lowest BCUT2D eigenvalue weighted by Gasteiger charge is -2.24. The molecule has 1 unspecified atom stereocenters. The summed E-state index contributed by atoms with van der Waals surface area (Å²) in [5.74, 6) is -0.221. The van der Waals surface area contributed by atoms with Crippen molar-refractivity contribution in [1.82, 2.24) is 19.5 Å². The summed E-state index contributed by atoms with van der Waals surface area (Å²) >= 11 is 1.27. The van der Waals surface area contributed by atoms with Gasteiger partial charge in [-0.2, -0.15) is 4.31 Å². The molecular formula is C13H19N5O9P2S. The molecule has 0 radical (unpaired) electrons. The number of phosphoric ester groups is 1. The van der Waals surface area contributed by atoms with E-state index in [4.69, 9.17) is 20.0 Å². The van der Waals surface area contributed by atoms with Crippen LogP contribution >= 0.6 is 27.4 Å². The molecule has 0 aliphatic heterocycles. The number of thioether (sulfide) groups is 1. The zero-order valence-electron chi connectivity index (χ0n) is 15.3. The van der Waals surface area contributed by atoms with Crippen molar-refractivity contribution in [2.45, 2.75) is 29.8 Å². The molecule has 7 N–H and O–H groups in total. The van der Waals surface area contributed by atoms with Crippen molar-refractivity contribution in [1.29, 1.82) is 0 Å². The number of imidazole rings is 1. The van der Waals surface area contributed by atoms with Gasteiger partial charge in [0.15, 0.2) is 16.6 Å². The molecular weight excluding hydrogens is 464 g/mol. The van der Waals surface area contributed by atoms with Gasteiger partial charge in [0.1, 0.15) is 11.6 Å². The number of phosphoric acid groups is 2. The standard InChI is InChI=1S/C13H19N5O9P2S/c1-30-12-16-10(14)6-11(17-12)18(4-15-6)7-5-2-13(5,9(20)8(7)19)3-26-29(24,25)27-28(21,22)23/h4-5,7-9,19-20H,2-3H2,1H3,(H,24,25)(H2,14,16,17)(H2,21,22,23)/t5-,7+,8+,9+,13+/m1/s1. The van der Waals surface area contributed by atoms with E-state index in [2.05, 4.69) is 19.3 Å². The molecule has 2 fully saturated rings. The van der Waals surface area contributed by atoms with Gasteiger partial charge < -0.3 is 35.2 Å². The summed E-state index contributed by atoms with van der Waals surface area (Å²) in [6, 6.07) is -0.682. The van der Waals surface area contributed by atoms with Gasteiger partial charge in [-0.3, -0.25) is 4.52 Å². The first-order chi connectivity index (χ1) is 13.9. The molecule has 14 nitrogen and oxygen atoms in total. The van der Waals surface area contributed by atoms with Crippen molar-refractivity contribution < 1.29 is 42.9 Å². The first-order valence-corrected chi connectivity index (χ1v) is 12.8. The molecule has 2 saturated carbocycles. The van der Waals surface area contributed by atoms with Crippen molar-refractivity contribution in [3.05, 3.63) is 6.33 Å². The second-order valence-corrected chi connectivity index (χ2v) is 10.8. The number of nitrogens with two attached hydrogens (primary N) is 1. The smallest absolute Gasteiger partial charge is 0.390 e. The summed E-state index contributed by atoms with van der Waals surface area (Å²) in [7, 11) is -10.3. The van der Waals surface area contributed by atoms with Gasteiger partial charge in [-0.25, -0.2) is 24.1 Å². The molecule has 0 saturated heterocycles. The Balaban J connectivity index is 1.60. The number of nitrogen functional groups attached to an aromatic ring is 1. The number of hydrogen-bond acceptors (Lipinski definition) is 11. The molecule has 17 heteroatoms. The molecule has 6 atom stereocenters. The van der Waals surface area contributed by atoms with Gasteiger partial charge in [0.25, 0.3) is 0 Å². The monoisotopic (exact) mass is 483 g/mol. The Labute approximate surface area is 173 Å². The highest BCUT2D eigenvalue weighted by Gasteiger charge is 2.72. The quantitative estimate of drug-likeness (QED) is 0.168. The van der Waals surface area contributed by atoms with E-state index >= 15 is 0 Å². The highest BCUT2D eigenvalue weighted by atomic mass is 32.2. The second kappa shape index (κ2) is 7.20. The lowest BCUT2D eigenvalue weighted by atomic mass is 10.0. The highest BCUT2D eigenvalue weighted by molar-refractivity contribution is 7.98. The van der Waals surface area contributed by atoms with Gasteiger partial charge in [-0.1, -0.05) is 11.8 Å². The van der Waals surface area contributed by atoms with Crippen LogP contribution in [0.5, 0.6) is 0 Å². The first-order valence-electron chi connectivity index (χ1n) is 8.53. The van der Waals surface area contributed by atoms with Gasteiger partial charge in [0, 0.05) is 5.41 Å². The summed E-state index contributed by atoms with van der Waals surface area (Å²) in [5.41, 5.74) is 5.51. The average Bonchev–Trinajstić information content (AvgIpc) is 3.13. The summed E-state index contributed by atoms with van der Waals surface area (Å²) in [4.78, 5) is 39.6. The van der Waals surface area contributed by atoms with E-state index < -0.39 is 45.9 Å². The van der Waals surface area contributed by atoms with Gasteiger partial charge in [-0.15, -0.1) is 0 Å². The Hall–Kier alpha value is -1.12. The number of aromatic nitrogens is 4. The van der Waals surface area contributed by atoms with Crippen LogP contribution in [0.1, 0.15) is 12.5 Å². The van der Waals surface area contributed by atoms with Crippen LogP contribution in [0.25, 0.3) is 11.2 Å². The van der Waals surface area contributed by atoms with Gasteiger partial charge >= 0.3 is 15.6 Å². The summed E-state index contributed by atoms with van der Waals surface area (Å²) in [6.45, 7) is -0.556. The lowest BCUT2D eigenvalue weighted by molar-refractivity contribution is -0.0297. The molecule has 2 aliphatic rings. The van der Waals surface area contributed by atoms with Gasteiger partial charge in [0.2, 0.25) is 0 Å². The third-order valence-electron chi connectivity index (χ3n) is 5.49. The number of nitrogens with zero attached hydrogens (tertiary/aromatic N) is 4. The fraction of sp³-hybridized carbons (Fsp3) is 0.615. The topological polar surface area (TPSA) is 223 Å². The molecule has 2 aromatic rings. The molecule has 2 heterocycles. The van der Waals surface area contributed by atoms with Crippen molar-refractivity contribution in [3.63, 3.8) is 0 Å². The zero-order valence-corrected chi connectivity index (χ0v) is 17.9. The second-order valence-electron chi connectivity index (χ2n) is 7.20. The Morgan fingerprint density at radius 2 is 2.03 bits per heavy atom. The van der Waals surface area contributed by atoms with Crippen LogP contribution in [0.4, 0.5) is 5.82 Å². The van der Waals surface area contributed by atoms with Crippen LogP contribution in [-0.2, 0) is 18.0 Å². The number of fused-ring (bicyclic) bond motifs is 2. The maximum atomic E-state index is 11.8. The van der Waals surface area contributed by atoms with Crippen molar-refractivity contribution >= 4 is 44.4 Å². The number of aliphatic hydroxyl groups is 2. The fourth-order valence-corrected chi connectivity index (χ4v) is 6.15. The van der Waals surface area contributed by atoms with Crippen molar-refractivity contribution in [2.24, 2.45) is 11.3 Å². The third-order valence-corrected chi connectivity index (χ3v) is 8.17. The largest absolute Gasteiger partial charge is 0.481 e. The normalized spacial score (nSPS) is 32.9. The van der Waals surface area contributed by atoms with Crippen LogP contribution in [0.15, 0.2) is 11.5 Å². The minimum Gasteiger partial charge on any atom is -0.390 e. The van der Waals surface area contributed by atoms with E-state index in [-0.39, 0.29) is 11.7 Å². The summed E-state index contributed by atoms with van der Waals surface area (Å²) in [6.07, 6.45) is 0.898. The Kier molecular flexibility index (Phi) is 5.30. The van der Waals surface area contributed by atoms with Crippen LogP contribution in [0.3, 0.4) is 0 Å². The molecule has 4 rings (SSSR count). The minimum absolute atomic E-state index is 0.164. The number of hydrogen-bond donors (Lipinski definition) is 6. The number of aliphatic hydroxyl groups excluding tert-OH is 2. The SMILES string of the molecule is CSc1nc(N)c2ncn([C@@H]3[C@H](O)[C@H](O)[C@]4(COP(=O)(O)OP(=O)(O)O)C[C@H]34)c2n1. The molecule has 0 spiro atoms. The molecule has 166 valence electrons. The predicted molar refractivity (Wildman–Crippen MR) is 102 cm³/mol. The molecule has 2 aromatic heterocycles. The maximum absolute atomic E-state index is 11.8. The highest BCUT2D eigenvalue weighted by Crippen LogP contribution is 2.69. The van der Waals surface area contributed by atoms with Crippen LogP contribution < -0.4 is 5.73 Å². The van der Waals surface area contributed by atoms with Crippen LogP contribution in [0, 0.1) is 11.3 Å². The predicted octanol–water partition coefficient (Wildman–Crippen LogP) is -0.360. The van der Waals surface area contributed by atoms with E-state index in [1.54, 1.807) is 10.8 Å². The van der Waals surface area contributed by atoms with E-state index in [0.29, 0.717) is 22.7 Å².